The second-order valence-corrected chi connectivity index (χ2v) is 10.2. The number of nitrogens with zero attached hydrogens (tertiary/aromatic N) is 4. The van der Waals surface area contributed by atoms with Crippen molar-refractivity contribution in [3.05, 3.63) is 100.0 Å². The van der Waals surface area contributed by atoms with Gasteiger partial charge in [-0.1, -0.05) is 24.3 Å². The Hall–Kier alpha value is -4.35. The average molecular weight is 563 g/mol. The molecule has 11 heteroatoms. The van der Waals surface area contributed by atoms with Gasteiger partial charge in [-0.05, 0) is 42.8 Å². The van der Waals surface area contributed by atoms with Crippen molar-refractivity contribution in [1.29, 1.82) is 0 Å². The summed E-state index contributed by atoms with van der Waals surface area (Å²) in [5.41, 5.74) is 3.04. The molecule has 0 spiro atoms. The molecule has 0 radical (unpaired) electrons. The highest BCUT2D eigenvalue weighted by Gasteiger charge is 2.35. The summed E-state index contributed by atoms with van der Waals surface area (Å²) in [7, 11) is 3.29. The first-order valence-electron chi connectivity index (χ1n) is 13.3. The summed E-state index contributed by atoms with van der Waals surface area (Å²) in [4.78, 5) is 27.9. The third kappa shape index (κ3) is 6.06. The zero-order valence-corrected chi connectivity index (χ0v) is 23.1. The van der Waals surface area contributed by atoms with E-state index in [1.165, 1.54) is 16.7 Å². The van der Waals surface area contributed by atoms with Gasteiger partial charge in [0, 0.05) is 63.1 Å². The van der Waals surface area contributed by atoms with Crippen molar-refractivity contribution < 1.29 is 18.3 Å². The summed E-state index contributed by atoms with van der Waals surface area (Å²) in [6, 6.07) is 15.7. The molecule has 5 rings (SSSR count). The number of likely N-dealkylation sites (tertiary alicyclic amines) is 1. The third-order valence-electron chi connectivity index (χ3n) is 7.43. The van der Waals surface area contributed by atoms with Gasteiger partial charge in [0.1, 0.15) is 5.82 Å². The molecule has 0 saturated carbocycles. The van der Waals surface area contributed by atoms with Crippen LogP contribution in [-0.2, 0) is 11.8 Å². The predicted octanol–water partition coefficient (Wildman–Crippen LogP) is 4.06. The lowest BCUT2D eigenvalue weighted by Crippen LogP contribution is -2.42. The van der Waals surface area contributed by atoms with Gasteiger partial charge in [-0.2, -0.15) is 5.10 Å². The van der Waals surface area contributed by atoms with Crippen LogP contribution in [0.5, 0.6) is 0 Å². The molecule has 4 aromatic rings. The maximum atomic E-state index is 14.1. The molecular weight excluding hydrogens is 530 g/mol. The van der Waals surface area contributed by atoms with Crippen LogP contribution in [0.4, 0.5) is 19.4 Å². The predicted molar refractivity (Wildman–Crippen MR) is 152 cm³/mol. The first-order valence-corrected chi connectivity index (χ1v) is 13.3. The highest BCUT2D eigenvalue weighted by Crippen LogP contribution is 2.31. The van der Waals surface area contributed by atoms with E-state index in [0.29, 0.717) is 54.4 Å². The Kier molecular flexibility index (Phi) is 8.27. The molecule has 2 amide bonds. The second kappa shape index (κ2) is 12.0. The maximum absolute atomic E-state index is 14.1. The van der Waals surface area contributed by atoms with Crippen LogP contribution in [0, 0.1) is 18.6 Å². The molecule has 0 unspecified atom stereocenters. The molecule has 214 valence electrons. The van der Waals surface area contributed by atoms with Gasteiger partial charge in [0.25, 0.3) is 5.56 Å². The highest BCUT2D eigenvalue weighted by atomic mass is 19.2. The number of amides is 2. The highest BCUT2D eigenvalue weighted by molar-refractivity contribution is 5.91. The molecule has 9 nitrogen and oxygen atoms in total. The Bertz CT molecular complexity index is 1600. The Morgan fingerprint density at radius 2 is 1.85 bits per heavy atom. The lowest BCUT2D eigenvalue weighted by molar-refractivity contribution is 0.159. The van der Waals surface area contributed by atoms with E-state index in [9.17, 15) is 18.4 Å². The molecule has 1 aliphatic rings. The van der Waals surface area contributed by atoms with E-state index >= 15 is 0 Å². The summed E-state index contributed by atoms with van der Waals surface area (Å²) in [5, 5.41) is 10.8. The number of anilines is 1. The van der Waals surface area contributed by atoms with Gasteiger partial charge in [0.15, 0.2) is 11.6 Å². The van der Waals surface area contributed by atoms with E-state index in [-0.39, 0.29) is 17.5 Å². The van der Waals surface area contributed by atoms with Crippen molar-refractivity contribution in [2.45, 2.75) is 18.9 Å². The summed E-state index contributed by atoms with van der Waals surface area (Å²) in [6.07, 6.45) is 1.67. The number of hydrogen-bond donors (Lipinski definition) is 2. The quantitative estimate of drug-likeness (QED) is 0.338. The molecule has 2 atom stereocenters. The number of benzene rings is 2. The van der Waals surface area contributed by atoms with Crippen molar-refractivity contribution >= 4 is 11.8 Å². The normalized spacial score (nSPS) is 17.1. The summed E-state index contributed by atoms with van der Waals surface area (Å²) < 4.78 is 36.1. The van der Waals surface area contributed by atoms with Gasteiger partial charge in [-0.25, -0.2) is 18.3 Å². The number of carbonyl (C=O) groups excluding carboxylic acids is 1. The Balaban J connectivity index is 1.44. The number of aryl methyl sites for hydroxylation is 1. The van der Waals surface area contributed by atoms with E-state index in [1.807, 2.05) is 37.3 Å². The number of methoxy groups -OCH3 is 1. The van der Waals surface area contributed by atoms with Crippen LogP contribution in [0.15, 0.2) is 71.7 Å². The maximum Gasteiger partial charge on any atom is 0.320 e. The zero-order valence-electron chi connectivity index (χ0n) is 23.1. The largest absolute Gasteiger partial charge is 0.383 e. The summed E-state index contributed by atoms with van der Waals surface area (Å²) in [5.74, 6) is -1.65. The molecule has 3 heterocycles. The number of para-hydroxylation sites is 1. The van der Waals surface area contributed by atoms with Gasteiger partial charge in [0.2, 0.25) is 0 Å². The number of rotatable bonds is 8. The van der Waals surface area contributed by atoms with Crippen molar-refractivity contribution in [3.8, 4) is 16.9 Å². The van der Waals surface area contributed by atoms with Crippen molar-refractivity contribution in [1.82, 2.24) is 24.6 Å². The van der Waals surface area contributed by atoms with Crippen LogP contribution in [-0.4, -0.2) is 64.7 Å². The first-order chi connectivity index (χ1) is 19.7. The van der Waals surface area contributed by atoms with Crippen LogP contribution < -0.4 is 16.2 Å². The van der Waals surface area contributed by atoms with Crippen molar-refractivity contribution in [3.63, 3.8) is 0 Å². The Morgan fingerprint density at radius 3 is 2.56 bits per heavy atom. The van der Waals surface area contributed by atoms with Gasteiger partial charge in [-0.3, -0.25) is 15.0 Å². The van der Waals surface area contributed by atoms with E-state index < -0.39 is 17.7 Å². The SMILES string of the molecule is COCCN1C[C@@H](NC(=O)Nc2c(C)c(-c3ccn(C)c(=O)c3)nn2-c2ccccc2)[C@H](c2ccc(F)c(F)c2)C1. The molecule has 2 N–H and O–H groups in total. The number of aromatic nitrogens is 3. The number of nitrogens with one attached hydrogen (secondary N) is 2. The second-order valence-electron chi connectivity index (χ2n) is 10.2. The topological polar surface area (TPSA) is 93.4 Å². The van der Waals surface area contributed by atoms with Gasteiger partial charge in [0.05, 0.1) is 24.0 Å². The molecular formula is C30H32F2N6O3. The van der Waals surface area contributed by atoms with Gasteiger partial charge >= 0.3 is 6.03 Å². The number of urea groups is 1. The van der Waals surface area contributed by atoms with Crippen molar-refractivity contribution in [2.24, 2.45) is 7.05 Å². The van der Waals surface area contributed by atoms with Crippen LogP contribution in [0.2, 0.25) is 0 Å². The number of halogens is 2. The molecule has 41 heavy (non-hydrogen) atoms. The first kappa shape index (κ1) is 28.2. The van der Waals surface area contributed by atoms with Crippen molar-refractivity contribution in [2.75, 3.05) is 38.7 Å². The van der Waals surface area contributed by atoms with E-state index in [4.69, 9.17) is 9.84 Å². The van der Waals surface area contributed by atoms with Crippen LogP contribution in [0.1, 0.15) is 17.0 Å². The molecule has 2 aromatic heterocycles. The van der Waals surface area contributed by atoms with Crippen LogP contribution in [0.25, 0.3) is 16.9 Å². The fraction of sp³-hybridized carbons (Fsp3) is 0.300. The lowest BCUT2D eigenvalue weighted by atomic mass is 9.94. The fourth-order valence-corrected chi connectivity index (χ4v) is 5.20. The molecule has 0 aliphatic carbocycles. The zero-order chi connectivity index (χ0) is 29.1. The molecule has 1 aliphatic heterocycles. The fourth-order valence-electron chi connectivity index (χ4n) is 5.20. The van der Waals surface area contributed by atoms with Crippen LogP contribution in [0.3, 0.4) is 0 Å². The van der Waals surface area contributed by atoms with E-state index in [0.717, 1.165) is 11.8 Å². The minimum absolute atomic E-state index is 0.175. The summed E-state index contributed by atoms with van der Waals surface area (Å²) >= 11 is 0. The van der Waals surface area contributed by atoms with E-state index in [1.54, 1.807) is 37.2 Å². The molecule has 0 bridgehead atoms. The number of ether oxygens (including phenoxy) is 1. The standard InChI is InChI=1S/C30H32F2N6O3/c1-19-28(21-11-12-36(2)27(39)16-21)35-38(22-7-5-4-6-8-22)29(19)34-30(40)33-26-18-37(13-14-41-3)17-23(26)20-9-10-24(31)25(32)15-20/h4-12,15-16,23,26H,13-14,17-18H2,1-3H3,(H2,33,34,40)/t23-,26+/m0/s1. The van der Waals surface area contributed by atoms with E-state index in [2.05, 4.69) is 15.5 Å². The average Bonchev–Trinajstić information content (AvgIpc) is 3.51. The third-order valence-corrected chi connectivity index (χ3v) is 7.43. The number of carbonyl (C=O) groups is 1. The minimum atomic E-state index is -0.924. The smallest absolute Gasteiger partial charge is 0.320 e. The van der Waals surface area contributed by atoms with Gasteiger partial charge < -0.3 is 14.6 Å². The minimum Gasteiger partial charge on any atom is -0.383 e. The number of pyridine rings is 1. The summed E-state index contributed by atoms with van der Waals surface area (Å²) in [6.45, 7) is 4.03. The number of hydrogen-bond acceptors (Lipinski definition) is 5. The Labute approximate surface area is 236 Å². The van der Waals surface area contributed by atoms with Crippen LogP contribution >= 0.6 is 0 Å². The lowest BCUT2D eigenvalue weighted by Gasteiger charge is -2.21. The Morgan fingerprint density at radius 1 is 1.07 bits per heavy atom. The molecule has 1 fully saturated rings. The molecule has 1 saturated heterocycles. The monoisotopic (exact) mass is 562 g/mol. The molecule has 2 aromatic carbocycles. The van der Waals surface area contributed by atoms with Gasteiger partial charge in [-0.15, -0.1) is 0 Å².